The van der Waals surface area contributed by atoms with Crippen molar-refractivity contribution in [3.8, 4) is 0 Å². The first-order chi connectivity index (χ1) is 10.7. The van der Waals surface area contributed by atoms with Crippen LogP contribution in [0.1, 0.15) is 11.8 Å². The van der Waals surface area contributed by atoms with Gasteiger partial charge in [0.1, 0.15) is 30.3 Å². The smallest absolute Gasteiger partial charge is 0.164 e. The van der Waals surface area contributed by atoms with E-state index in [-0.39, 0.29) is 31.1 Å². The summed E-state index contributed by atoms with van der Waals surface area (Å²) in [5.74, 6) is 1.12. The third kappa shape index (κ3) is 1.40. The Morgan fingerprint density at radius 1 is 1.32 bits per heavy atom. The Bertz CT molecular complexity index is 817. The lowest BCUT2D eigenvalue weighted by molar-refractivity contribution is -0.0821. The number of ether oxygens (including phenoxy) is 2. The minimum absolute atomic E-state index is 0.0453. The maximum atomic E-state index is 9.34. The van der Waals surface area contributed by atoms with E-state index in [0.717, 1.165) is 16.6 Å². The van der Waals surface area contributed by atoms with Gasteiger partial charge in [-0.25, -0.2) is 15.0 Å². The Hall–Kier alpha value is -2.23. The van der Waals surface area contributed by atoms with Gasteiger partial charge in [-0.1, -0.05) is 0 Å². The van der Waals surface area contributed by atoms with Gasteiger partial charge in [-0.2, -0.15) is 5.10 Å². The Kier molecular flexibility index (Phi) is 2.21. The van der Waals surface area contributed by atoms with Crippen molar-refractivity contribution in [1.82, 2.24) is 14.5 Å². The molecule has 0 radical (unpaired) electrons. The largest absolute Gasteiger partial charge is 0.394 e. The molecule has 3 aliphatic rings. The second kappa shape index (κ2) is 3.94. The molecule has 0 aromatic carbocycles. The number of hydrazone groups is 1. The highest BCUT2D eigenvalue weighted by atomic mass is 16.7. The van der Waals surface area contributed by atoms with E-state index in [1.54, 1.807) is 12.1 Å². The van der Waals surface area contributed by atoms with E-state index in [0.29, 0.717) is 11.7 Å². The number of aliphatic hydroxyl groups excluding tert-OH is 1. The third-order valence-corrected chi connectivity index (χ3v) is 4.41. The maximum absolute atomic E-state index is 9.34. The number of hydrogen-bond donors (Lipinski definition) is 2. The van der Waals surface area contributed by atoms with E-state index in [4.69, 9.17) is 15.2 Å². The number of hydrogen-bond acceptors (Lipinski definition) is 8. The van der Waals surface area contributed by atoms with E-state index in [9.17, 15) is 5.11 Å². The van der Waals surface area contributed by atoms with Crippen LogP contribution in [-0.4, -0.2) is 57.4 Å². The van der Waals surface area contributed by atoms with Gasteiger partial charge >= 0.3 is 0 Å². The molecule has 9 heteroatoms. The van der Waals surface area contributed by atoms with E-state index < -0.39 is 0 Å². The van der Waals surface area contributed by atoms with Gasteiger partial charge < -0.3 is 24.9 Å². The number of aromatic nitrogens is 3. The quantitative estimate of drug-likeness (QED) is 0.695. The van der Waals surface area contributed by atoms with Crippen LogP contribution in [-0.2, 0) is 9.47 Å². The van der Waals surface area contributed by atoms with Crippen molar-refractivity contribution in [3.05, 3.63) is 18.1 Å². The molecule has 114 valence electrons. The molecule has 0 saturated carbocycles. The predicted molar refractivity (Wildman–Crippen MR) is 76.3 cm³/mol. The van der Waals surface area contributed by atoms with Gasteiger partial charge in [0.25, 0.3) is 0 Å². The Balaban J connectivity index is 1.70. The van der Waals surface area contributed by atoms with Gasteiger partial charge in [-0.05, 0) is 0 Å². The Labute approximate surface area is 124 Å². The fourth-order valence-electron chi connectivity index (χ4n) is 3.33. The minimum atomic E-state index is -0.322. The average molecular weight is 302 g/mol. The Morgan fingerprint density at radius 3 is 2.95 bits per heavy atom. The minimum Gasteiger partial charge on any atom is -0.394 e. The SMILES string of the molecule is CN1N=C(N)c2cn(C3OC(CO)C4OC43)c3ncnc1c23. The zero-order valence-corrected chi connectivity index (χ0v) is 11.7. The van der Waals surface area contributed by atoms with Crippen LogP contribution < -0.4 is 10.7 Å². The summed E-state index contributed by atoms with van der Waals surface area (Å²) in [5, 5.41) is 16.1. The molecule has 3 N–H and O–H groups in total. The first-order valence-electron chi connectivity index (χ1n) is 7.04. The van der Waals surface area contributed by atoms with Gasteiger partial charge in [-0.15, -0.1) is 0 Å². The van der Waals surface area contributed by atoms with Crippen LogP contribution in [0.25, 0.3) is 11.0 Å². The van der Waals surface area contributed by atoms with Crippen LogP contribution in [0, 0.1) is 0 Å². The molecule has 5 rings (SSSR count). The first-order valence-corrected chi connectivity index (χ1v) is 7.04. The van der Waals surface area contributed by atoms with Crippen molar-refractivity contribution in [2.45, 2.75) is 24.5 Å². The van der Waals surface area contributed by atoms with Crippen molar-refractivity contribution >= 4 is 22.7 Å². The molecule has 2 aromatic heterocycles. The number of amidine groups is 1. The van der Waals surface area contributed by atoms with Gasteiger partial charge in [0.15, 0.2) is 17.9 Å². The lowest BCUT2D eigenvalue weighted by Gasteiger charge is -2.19. The predicted octanol–water partition coefficient (Wildman–Crippen LogP) is -0.841. The van der Waals surface area contributed by atoms with E-state index in [1.807, 2.05) is 10.8 Å². The van der Waals surface area contributed by atoms with Crippen LogP contribution in [0.4, 0.5) is 5.82 Å². The topological polar surface area (TPSA) is 114 Å². The van der Waals surface area contributed by atoms with Crippen molar-refractivity contribution in [2.24, 2.45) is 10.8 Å². The second-order valence-electron chi connectivity index (χ2n) is 5.67. The number of aliphatic hydroxyl groups is 1. The summed E-state index contributed by atoms with van der Waals surface area (Å²) in [5.41, 5.74) is 7.55. The molecule has 22 heavy (non-hydrogen) atoms. The highest BCUT2D eigenvalue weighted by molar-refractivity contribution is 6.13. The molecule has 2 aromatic rings. The van der Waals surface area contributed by atoms with Crippen molar-refractivity contribution < 1.29 is 14.6 Å². The van der Waals surface area contributed by atoms with Crippen LogP contribution in [0.5, 0.6) is 0 Å². The molecule has 4 atom stereocenters. The first kappa shape index (κ1) is 12.3. The number of fused-ring (bicyclic) bond motifs is 1. The fourth-order valence-corrected chi connectivity index (χ4v) is 3.33. The molecular weight excluding hydrogens is 288 g/mol. The summed E-state index contributed by atoms with van der Waals surface area (Å²) < 4.78 is 13.4. The lowest BCUT2D eigenvalue weighted by atomic mass is 10.2. The Morgan fingerprint density at radius 2 is 2.18 bits per heavy atom. The molecular formula is C13H14N6O3. The molecule has 9 nitrogen and oxygen atoms in total. The lowest BCUT2D eigenvalue weighted by Crippen LogP contribution is -2.25. The fraction of sp³-hybridized carbons (Fsp3) is 0.462. The summed E-state index contributed by atoms with van der Waals surface area (Å²) in [6.07, 6.45) is 2.65. The molecule has 0 amide bonds. The number of epoxide rings is 1. The molecule has 2 fully saturated rings. The van der Waals surface area contributed by atoms with Gasteiger partial charge in [0, 0.05) is 18.8 Å². The number of anilines is 1. The monoisotopic (exact) mass is 302 g/mol. The number of nitrogens with two attached hydrogens (primary N) is 1. The molecule has 0 spiro atoms. The van der Waals surface area contributed by atoms with Crippen LogP contribution >= 0.6 is 0 Å². The molecule has 0 bridgehead atoms. The van der Waals surface area contributed by atoms with E-state index in [1.165, 1.54) is 6.33 Å². The summed E-state index contributed by atoms with van der Waals surface area (Å²) in [4.78, 5) is 8.66. The summed E-state index contributed by atoms with van der Waals surface area (Å²) in [6.45, 7) is -0.0592. The standard InChI is InChI=1S/C13H14N6O3/c1-18-11-7-5(10(14)17-18)2-19(12(7)16-4-15-11)13-9-8(22-9)6(3-20)21-13/h2,4,6,8-9,13,20H,3H2,1H3,(H2,14,17). The van der Waals surface area contributed by atoms with Crippen molar-refractivity contribution in [1.29, 1.82) is 0 Å². The highest BCUT2D eigenvalue weighted by Gasteiger charge is 2.59. The number of rotatable bonds is 2. The van der Waals surface area contributed by atoms with E-state index in [2.05, 4.69) is 15.1 Å². The maximum Gasteiger partial charge on any atom is 0.164 e. The third-order valence-electron chi connectivity index (χ3n) is 4.41. The molecule has 2 saturated heterocycles. The van der Waals surface area contributed by atoms with Crippen molar-refractivity contribution in [2.75, 3.05) is 18.7 Å². The summed E-state index contributed by atoms with van der Waals surface area (Å²) in [6, 6.07) is 0. The molecule has 5 heterocycles. The van der Waals surface area contributed by atoms with Gasteiger partial charge in [0.05, 0.1) is 12.0 Å². The van der Waals surface area contributed by atoms with Gasteiger partial charge in [-0.3, -0.25) is 0 Å². The van der Waals surface area contributed by atoms with Crippen LogP contribution in [0.2, 0.25) is 0 Å². The highest BCUT2D eigenvalue weighted by Crippen LogP contribution is 2.46. The summed E-state index contributed by atoms with van der Waals surface area (Å²) in [7, 11) is 1.79. The zero-order chi connectivity index (χ0) is 15.0. The zero-order valence-electron chi connectivity index (χ0n) is 11.7. The van der Waals surface area contributed by atoms with Gasteiger partial charge in [0.2, 0.25) is 0 Å². The van der Waals surface area contributed by atoms with Crippen LogP contribution in [0.15, 0.2) is 17.6 Å². The molecule has 4 unspecified atom stereocenters. The number of nitrogens with zero attached hydrogens (tertiary/aromatic N) is 5. The normalized spacial score (nSPS) is 32.3. The second-order valence-corrected chi connectivity index (χ2v) is 5.67. The van der Waals surface area contributed by atoms with E-state index >= 15 is 0 Å². The summed E-state index contributed by atoms with van der Waals surface area (Å²) >= 11 is 0. The average Bonchev–Trinajstić information content (AvgIpc) is 3.07. The van der Waals surface area contributed by atoms with Crippen LogP contribution in [0.3, 0.4) is 0 Å². The molecule has 0 aliphatic carbocycles. The molecule has 3 aliphatic heterocycles. The van der Waals surface area contributed by atoms with Crippen molar-refractivity contribution in [3.63, 3.8) is 0 Å².